The molecule has 0 fully saturated rings. The van der Waals surface area contributed by atoms with E-state index < -0.39 is 0 Å². The highest BCUT2D eigenvalue weighted by molar-refractivity contribution is 5.72. The third kappa shape index (κ3) is 2.71. The lowest BCUT2D eigenvalue weighted by atomic mass is 10.0. The van der Waals surface area contributed by atoms with E-state index in [4.69, 9.17) is 0 Å². The van der Waals surface area contributed by atoms with Crippen LogP contribution in [0.2, 0.25) is 0 Å². The predicted molar refractivity (Wildman–Crippen MR) is 95.7 cm³/mol. The van der Waals surface area contributed by atoms with Crippen molar-refractivity contribution in [3.63, 3.8) is 0 Å². The van der Waals surface area contributed by atoms with Gasteiger partial charge in [0.05, 0.1) is 17.4 Å². The highest BCUT2D eigenvalue weighted by Crippen LogP contribution is 2.34. The van der Waals surface area contributed by atoms with Crippen molar-refractivity contribution in [2.75, 3.05) is 5.01 Å². The van der Waals surface area contributed by atoms with Crippen LogP contribution in [0.1, 0.15) is 17.2 Å². The molecule has 0 amide bonds. The molecular weight excluding hydrogens is 280 g/mol. The summed E-state index contributed by atoms with van der Waals surface area (Å²) < 4.78 is 0. The highest BCUT2D eigenvalue weighted by Gasteiger charge is 2.26. The number of nitrogens with zero attached hydrogens (tertiary/aromatic N) is 1. The second-order valence-corrected chi connectivity index (χ2v) is 5.62. The summed E-state index contributed by atoms with van der Waals surface area (Å²) in [5.74, 6) is 0. The Kier molecular flexibility index (Phi) is 3.57. The third-order valence-corrected chi connectivity index (χ3v) is 4.10. The van der Waals surface area contributed by atoms with E-state index in [-0.39, 0.29) is 6.04 Å². The normalized spacial score (nSPS) is 16.8. The van der Waals surface area contributed by atoms with E-state index in [0.29, 0.717) is 0 Å². The smallest absolute Gasteiger partial charge is 0.0958 e. The largest absolute Gasteiger partial charge is 0.297 e. The Balaban J connectivity index is 1.75. The van der Waals surface area contributed by atoms with Crippen LogP contribution in [-0.2, 0) is 0 Å². The van der Waals surface area contributed by atoms with E-state index in [1.54, 1.807) is 0 Å². The van der Waals surface area contributed by atoms with Crippen molar-refractivity contribution < 1.29 is 0 Å². The number of benzene rings is 3. The van der Waals surface area contributed by atoms with Gasteiger partial charge in [-0.15, -0.1) is 0 Å². The second kappa shape index (κ2) is 6.01. The molecule has 1 aliphatic rings. The first-order valence-corrected chi connectivity index (χ1v) is 7.85. The van der Waals surface area contributed by atoms with Gasteiger partial charge in [-0.25, -0.2) is 0 Å². The molecule has 4 rings (SSSR count). The fourth-order valence-electron chi connectivity index (χ4n) is 2.96. The molecular formula is C21H18N2. The van der Waals surface area contributed by atoms with E-state index in [1.807, 2.05) is 12.1 Å². The quantitative estimate of drug-likeness (QED) is 0.747. The first kappa shape index (κ1) is 13.6. The molecule has 0 unspecified atom stereocenters. The topological polar surface area (TPSA) is 15.3 Å². The maximum absolute atomic E-state index is 3.57. The van der Waals surface area contributed by atoms with Crippen molar-refractivity contribution in [1.29, 1.82) is 0 Å². The fraction of sp³-hybridized carbons (Fsp3) is 0.0476. The average Bonchev–Trinajstić information content (AvgIpc) is 3.09. The number of anilines is 1. The molecule has 112 valence electrons. The lowest BCUT2D eigenvalue weighted by Crippen LogP contribution is -2.33. The van der Waals surface area contributed by atoms with Crippen LogP contribution < -0.4 is 10.4 Å². The van der Waals surface area contributed by atoms with E-state index in [0.717, 1.165) is 11.4 Å². The summed E-state index contributed by atoms with van der Waals surface area (Å²) >= 11 is 0. The van der Waals surface area contributed by atoms with Crippen LogP contribution in [0, 0.1) is 0 Å². The van der Waals surface area contributed by atoms with Gasteiger partial charge in [-0.1, -0.05) is 78.9 Å². The number of hydrazine groups is 1. The Bertz CT molecular complexity index is 795. The average molecular weight is 298 g/mol. The van der Waals surface area contributed by atoms with E-state index in [2.05, 4.69) is 95.4 Å². The molecule has 3 aromatic carbocycles. The van der Waals surface area contributed by atoms with Crippen LogP contribution in [0.5, 0.6) is 0 Å². The molecule has 0 saturated heterocycles. The van der Waals surface area contributed by atoms with E-state index in [1.165, 1.54) is 11.1 Å². The van der Waals surface area contributed by atoms with Crippen LogP contribution in [0.15, 0.2) is 97.1 Å². The van der Waals surface area contributed by atoms with Gasteiger partial charge >= 0.3 is 0 Å². The van der Waals surface area contributed by atoms with Gasteiger partial charge in [-0.05, 0) is 29.3 Å². The molecule has 2 heteroatoms. The van der Waals surface area contributed by atoms with Crippen molar-refractivity contribution in [2.45, 2.75) is 6.04 Å². The first-order chi connectivity index (χ1) is 11.4. The van der Waals surface area contributed by atoms with Gasteiger partial charge in [0.15, 0.2) is 0 Å². The zero-order valence-corrected chi connectivity index (χ0v) is 12.8. The van der Waals surface area contributed by atoms with Gasteiger partial charge in [0.2, 0.25) is 0 Å². The zero-order valence-electron chi connectivity index (χ0n) is 12.8. The van der Waals surface area contributed by atoms with Crippen LogP contribution in [0.4, 0.5) is 5.69 Å². The Morgan fingerprint density at radius 1 is 0.652 bits per heavy atom. The third-order valence-electron chi connectivity index (χ3n) is 4.10. The lowest BCUT2D eigenvalue weighted by Gasteiger charge is -2.27. The Morgan fingerprint density at radius 2 is 1.22 bits per heavy atom. The number of hydrogen-bond acceptors (Lipinski definition) is 2. The highest BCUT2D eigenvalue weighted by atomic mass is 15.5. The maximum Gasteiger partial charge on any atom is 0.0958 e. The Morgan fingerprint density at radius 3 is 1.87 bits per heavy atom. The second-order valence-electron chi connectivity index (χ2n) is 5.62. The van der Waals surface area contributed by atoms with Crippen molar-refractivity contribution in [2.24, 2.45) is 0 Å². The molecule has 0 bridgehead atoms. The van der Waals surface area contributed by atoms with Crippen molar-refractivity contribution in [1.82, 2.24) is 5.43 Å². The predicted octanol–water partition coefficient (Wildman–Crippen LogP) is 4.79. The standard InChI is InChI=1S/C21H18N2/c1-4-10-17(11-5-1)20-16-21(18-12-6-2-7-13-18)23(22-20)19-14-8-3-9-15-19/h1-16,21-22H/t21-/m1/s1. The van der Waals surface area contributed by atoms with Crippen LogP contribution in [0.25, 0.3) is 5.70 Å². The number of para-hydroxylation sites is 1. The van der Waals surface area contributed by atoms with E-state index >= 15 is 0 Å². The molecule has 3 aromatic rings. The van der Waals surface area contributed by atoms with Gasteiger partial charge in [-0.3, -0.25) is 10.4 Å². The summed E-state index contributed by atoms with van der Waals surface area (Å²) in [7, 11) is 0. The van der Waals surface area contributed by atoms with Gasteiger partial charge < -0.3 is 0 Å². The number of nitrogens with one attached hydrogen (secondary N) is 1. The number of rotatable bonds is 3. The molecule has 0 aliphatic carbocycles. The van der Waals surface area contributed by atoms with Gasteiger partial charge in [0, 0.05) is 0 Å². The van der Waals surface area contributed by atoms with Crippen LogP contribution in [-0.4, -0.2) is 0 Å². The zero-order chi connectivity index (χ0) is 15.5. The van der Waals surface area contributed by atoms with E-state index in [9.17, 15) is 0 Å². The molecule has 1 heterocycles. The summed E-state index contributed by atoms with van der Waals surface area (Å²) in [4.78, 5) is 0. The van der Waals surface area contributed by atoms with Crippen molar-refractivity contribution in [3.8, 4) is 0 Å². The minimum Gasteiger partial charge on any atom is -0.297 e. The minimum absolute atomic E-state index is 0.175. The Hall–Kier alpha value is -3.00. The maximum atomic E-state index is 3.57. The molecule has 1 atom stereocenters. The van der Waals surface area contributed by atoms with Crippen LogP contribution in [0.3, 0.4) is 0 Å². The van der Waals surface area contributed by atoms with Gasteiger partial charge in [-0.2, -0.15) is 0 Å². The molecule has 0 saturated carbocycles. The molecule has 23 heavy (non-hydrogen) atoms. The van der Waals surface area contributed by atoms with Gasteiger partial charge in [0.1, 0.15) is 0 Å². The van der Waals surface area contributed by atoms with Gasteiger partial charge in [0.25, 0.3) is 0 Å². The lowest BCUT2D eigenvalue weighted by molar-refractivity contribution is 0.724. The molecule has 1 aliphatic heterocycles. The molecule has 1 N–H and O–H groups in total. The number of hydrogen-bond donors (Lipinski definition) is 1. The first-order valence-electron chi connectivity index (χ1n) is 7.85. The summed E-state index contributed by atoms with van der Waals surface area (Å²) in [6.07, 6.45) is 2.29. The summed E-state index contributed by atoms with van der Waals surface area (Å²) in [5, 5.41) is 2.22. The molecule has 0 aromatic heterocycles. The fourth-order valence-corrected chi connectivity index (χ4v) is 2.96. The van der Waals surface area contributed by atoms with Crippen molar-refractivity contribution >= 4 is 11.4 Å². The summed E-state index contributed by atoms with van der Waals surface area (Å²) in [6, 6.07) is 31.7. The monoisotopic (exact) mass is 298 g/mol. The SMILES string of the molecule is C1=C(c2ccccc2)NN(c2ccccc2)[C@H]1c1ccccc1. The molecule has 0 spiro atoms. The molecule has 0 radical (unpaired) electrons. The summed E-state index contributed by atoms with van der Waals surface area (Å²) in [5.41, 5.74) is 8.34. The van der Waals surface area contributed by atoms with Crippen LogP contribution >= 0.6 is 0 Å². The molecule has 2 nitrogen and oxygen atoms in total. The minimum atomic E-state index is 0.175. The van der Waals surface area contributed by atoms with Crippen molar-refractivity contribution in [3.05, 3.63) is 108 Å². The Labute approximate surface area is 136 Å². The summed E-state index contributed by atoms with van der Waals surface area (Å²) in [6.45, 7) is 0.